The van der Waals surface area contributed by atoms with Crippen molar-refractivity contribution in [3.05, 3.63) is 40.5 Å². The molecule has 3 rings (SSSR count). The molecule has 130 valence electrons. The molecule has 0 aliphatic heterocycles. The minimum absolute atomic E-state index is 0.107. The number of benzene rings is 1. The molecule has 3 aromatic rings. The lowest BCUT2D eigenvalue weighted by molar-refractivity contribution is -0.113. The molecule has 25 heavy (non-hydrogen) atoms. The average molecular weight is 439 g/mol. The van der Waals surface area contributed by atoms with Gasteiger partial charge in [-0.05, 0) is 25.1 Å². The van der Waals surface area contributed by atoms with Gasteiger partial charge in [-0.25, -0.2) is 0 Å². The summed E-state index contributed by atoms with van der Waals surface area (Å²) < 4.78 is 3.36. The number of aromatic nitrogens is 4. The van der Waals surface area contributed by atoms with Gasteiger partial charge in [-0.3, -0.25) is 9.48 Å². The van der Waals surface area contributed by atoms with Crippen LogP contribution in [0.5, 0.6) is 0 Å². The van der Waals surface area contributed by atoms with Crippen LogP contribution in [-0.4, -0.2) is 31.6 Å². The Morgan fingerprint density at radius 1 is 1.36 bits per heavy atom. The van der Waals surface area contributed by atoms with E-state index < -0.39 is 0 Å². The van der Waals surface area contributed by atoms with E-state index >= 15 is 0 Å². The van der Waals surface area contributed by atoms with Crippen LogP contribution in [0.25, 0.3) is 0 Å². The molecule has 0 spiro atoms. The number of halogens is 1. The molecule has 0 fully saturated rings. The van der Waals surface area contributed by atoms with Gasteiger partial charge in [-0.1, -0.05) is 45.1 Å². The van der Waals surface area contributed by atoms with E-state index in [2.05, 4.69) is 41.9 Å². The molecule has 0 aliphatic rings. The van der Waals surface area contributed by atoms with Crippen LogP contribution in [0.4, 0.5) is 16.6 Å². The average Bonchev–Trinajstić information content (AvgIpc) is 3.12. The van der Waals surface area contributed by atoms with E-state index in [9.17, 15) is 4.79 Å². The van der Waals surface area contributed by atoms with Gasteiger partial charge in [0.1, 0.15) is 5.82 Å². The maximum atomic E-state index is 12.0. The van der Waals surface area contributed by atoms with Crippen LogP contribution in [0, 0.1) is 6.92 Å². The first-order chi connectivity index (χ1) is 12.0. The Balaban J connectivity index is 1.53. The summed E-state index contributed by atoms with van der Waals surface area (Å²) in [6.07, 6.45) is 0. The van der Waals surface area contributed by atoms with Crippen molar-refractivity contribution in [2.24, 2.45) is 7.05 Å². The molecule has 2 heterocycles. The first kappa shape index (κ1) is 17.9. The molecule has 1 amide bonds. The van der Waals surface area contributed by atoms with Crippen LogP contribution in [0.1, 0.15) is 5.69 Å². The number of hydrogen-bond donors (Lipinski definition) is 2. The molecule has 0 saturated heterocycles. The summed E-state index contributed by atoms with van der Waals surface area (Å²) in [6.45, 7) is 1.88. The van der Waals surface area contributed by atoms with Crippen molar-refractivity contribution < 1.29 is 4.79 Å². The van der Waals surface area contributed by atoms with Gasteiger partial charge in [0, 0.05) is 23.3 Å². The van der Waals surface area contributed by atoms with Crippen molar-refractivity contribution in [2.75, 3.05) is 16.4 Å². The number of carbonyl (C=O) groups is 1. The second kappa shape index (κ2) is 7.98. The maximum Gasteiger partial charge on any atom is 0.235 e. The maximum absolute atomic E-state index is 12.0. The van der Waals surface area contributed by atoms with Crippen molar-refractivity contribution in [1.29, 1.82) is 0 Å². The van der Waals surface area contributed by atoms with E-state index in [0.717, 1.165) is 20.2 Å². The topological polar surface area (TPSA) is 84.7 Å². The van der Waals surface area contributed by atoms with Gasteiger partial charge in [0.2, 0.25) is 11.0 Å². The monoisotopic (exact) mass is 438 g/mol. The Kier molecular flexibility index (Phi) is 5.71. The Hall–Kier alpha value is -1.91. The molecular weight excluding hydrogens is 424 g/mol. The Bertz CT molecular complexity index is 894. The highest BCUT2D eigenvalue weighted by atomic mass is 79.9. The molecule has 0 bridgehead atoms. The summed E-state index contributed by atoms with van der Waals surface area (Å²) in [5, 5.41) is 19.1. The molecule has 10 heteroatoms. The first-order valence-electron chi connectivity index (χ1n) is 7.29. The van der Waals surface area contributed by atoms with Gasteiger partial charge < -0.3 is 10.6 Å². The smallest absolute Gasteiger partial charge is 0.235 e. The second-order valence-corrected chi connectivity index (χ2v) is 8.26. The number of nitrogens with one attached hydrogen (secondary N) is 2. The Labute approximate surface area is 161 Å². The van der Waals surface area contributed by atoms with Gasteiger partial charge in [0.15, 0.2) is 4.34 Å². The summed E-state index contributed by atoms with van der Waals surface area (Å²) >= 11 is 6.18. The van der Waals surface area contributed by atoms with Crippen molar-refractivity contribution in [3.8, 4) is 0 Å². The summed E-state index contributed by atoms with van der Waals surface area (Å²) in [6, 6.07) is 9.62. The van der Waals surface area contributed by atoms with Crippen LogP contribution < -0.4 is 10.6 Å². The highest BCUT2D eigenvalue weighted by Gasteiger charge is 2.11. The van der Waals surface area contributed by atoms with Crippen LogP contribution in [0.2, 0.25) is 0 Å². The Morgan fingerprint density at radius 2 is 2.20 bits per heavy atom. The number of rotatable bonds is 6. The fraction of sp³-hybridized carbons (Fsp3) is 0.200. The van der Waals surface area contributed by atoms with Gasteiger partial charge in [0.05, 0.1) is 11.4 Å². The Morgan fingerprint density at radius 3 is 2.92 bits per heavy atom. The van der Waals surface area contributed by atoms with Crippen molar-refractivity contribution in [3.63, 3.8) is 0 Å². The molecule has 2 N–H and O–H groups in total. The van der Waals surface area contributed by atoms with E-state index in [1.165, 1.54) is 23.1 Å². The predicted molar refractivity (Wildman–Crippen MR) is 105 cm³/mol. The number of anilines is 3. The third-order valence-electron chi connectivity index (χ3n) is 3.08. The molecule has 0 unspecified atom stereocenters. The summed E-state index contributed by atoms with van der Waals surface area (Å²) in [4.78, 5) is 12.0. The van der Waals surface area contributed by atoms with E-state index in [1.807, 2.05) is 37.3 Å². The fourth-order valence-corrected chi connectivity index (χ4v) is 4.01. The highest BCUT2D eigenvalue weighted by molar-refractivity contribution is 9.10. The number of carbonyl (C=O) groups excluding carboxylic acids is 1. The SMILES string of the molecule is Cc1cc(NC(=O)CSc2nnc(Nc3cccc(Br)c3)s2)n(C)n1. The van der Waals surface area contributed by atoms with Crippen molar-refractivity contribution in [2.45, 2.75) is 11.3 Å². The second-order valence-electron chi connectivity index (χ2n) is 5.14. The normalized spacial score (nSPS) is 10.7. The zero-order chi connectivity index (χ0) is 17.8. The zero-order valence-electron chi connectivity index (χ0n) is 13.5. The lowest BCUT2D eigenvalue weighted by atomic mass is 10.3. The molecule has 0 radical (unpaired) electrons. The quantitative estimate of drug-likeness (QED) is 0.569. The lowest BCUT2D eigenvalue weighted by Gasteiger charge is -2.03. The summed E-state index contributed by atoms with van der Waals surface area (Å²) in [5.41, 5.74) is 1.78. The summed E-state index contributed by atoms with van der Waals surface area (Å²) in [7, 11) is 1.79. The molecule has 1 aromatic carbocycles. The van der Waals surface area contributed by atoms with Crippen LogP contribution >= 0.6 is 39.0 Å². The van der Waals surface area contributed by atoms with E-state index in [1.54, 1.807) is 11.7 Å². The van der Waals surface area contributed by atoms with Gasteiger partial charge in [-0.15, -0.1) is 10.2 Å². The largest absolute Gasteiger partial charge is 0.330 e. The first-order valence-corrected chi connectivity index (χ1v) is 9.88. The molecule has 0 aliphatic carbocycles. The minimum Gasteiger partial charge on any atom is -0.330 e. The third kappa shape index (κ3) is 5.03. The number of aryl methyl sites for hydroxylation is 2. The molecule has 0 saturated carbocycles. The molecule has 2 aromatic heterocycles. The predicted octanol–water partition coefficient (Wildman–Crippen LogP) is 3.82. The number of hydrogen-bond acceptors (Lipinski definition) is 7. The molecular formula is C15H15BrN6OS2. The molecule has 7 nitrogen and oxygen atoms in total. The van der Waals surface area contributed by atoms with E-state index in [0.29, 0.717) is 10.9 Å². The van der Waals surface area contributed by atoms with Crippen molar-refractivity contribution >= 4 is 61.6 Å². The van der Waals surface area contributed by atoms with E-state index in [4.69, 9.17) is 0 Å². The van der Waals surface area contributed by atoms with E-state index in [-0.39, 0.29) is 11.7 Å². The van der Waals surface area contributed by atoms with Crippen LogP contribution in [-0.2, 0) is 11.8 Å². The van der Waals surface area contributed by atoms with Crippen LogP contribution in [0.15, 0.2) is 39.1 Å². The zero-order valence-corrected chi connectivity index (χ0v) is 16.7. The number of thioether (sulfide) groups is 1. The highest BCUT2D eigenvalue weighted by Crippen LogP contribution is 2.28. The van der Waals surface area contributed by atoms with Gasteiger partial charge >= 0.3 is 0 Å². The fourth-order valence-electron chi connectivity index (χ4n) is 2.04. The number of nitrogens with zero attached hydrogens (tertiary/aromatic N) is 4. The molecule has 0 atom stereocenters. The minimum atomic E-state index is -0.107. The lowest BCUT2D eigenvalue weighted by Crippen LogP contribution is -2.16. The van der Waals surface area contributed by atoms with Gasteiger partial charge in [0.25, 0.3) is 0 Å². The van der Waals surface area contributed by atoms with Crippen LogP contribution in [0.3, 0.4) is 0 Å². The van der Waals surface area contributed by atoms with Gasteiger partial charge in [-0.2, -0.15) is 5.10 Å². The number of amides is 1. The third-order valence-corrected chi connectivity index (χ3v) is 5.54. The standard InChI is InChI=1S/C15H15BrN6OS2/c1-9-6-12(22(2)21-9)18-13(23)8-24-15-20-19-14(25-15)17-11-5-3-4-10(16)7-11/h3-7H,8H2,1-2H3,(H,17,19)(H,18,23). The van der Waals surface area contributed by atoms with Crippen molar-refractivity contribution in [1.82, 2.24) is 20.0 Å². The summed E-state index contributed by atoms with van der Waals surface area (Å²) in [5.74, 6) is 0.831.